The smallest absolute Gasteiger partial charge is 0.407 e. The van der Waals surface area contributed by atoms with Gasteiger partial charge in [0.25, 0.3) is 6.43 Å². The third kappa shape index (κ3) is 8.51. The Morgan fingerprint density at radius 1 is 0.779 bits per heavy atom. The van der Waals surface area contributed by atoms with Gasteiger partial charge in [0, 0.05) is 35.8 Å². The molecule has 4 N–H and O–H groups in total. The number of imidazole rings is 2. The molecule has 5 atom stereocenters. The standard InChI is InChI=1S/C47H51F3N10O7S/c1-22(2)37(56-46(63)65-5)43(61)58-13-7-9-31(58)40-51-19-28(54-40)24-11-12-30-26(15-24)17-33-36-27(48)16-25(18-34(36)67-45(60(30)33)35-21-53-42(68-35)39(49)50)29-20-52-41(55-29)32-10-8-14-59(32)44(62)38(23(3)4)57-47(64)66-6/h11-12,15-23,31-32,37-39,45H,7-10,13-14H2,1-6H3,(H,51,54)(H,52,55)(H,56,63)(H,57,64)/t31-,32-,37?,38?,45?/m0/s1. The Bertz CT molecular complexity index is 2890. The van der Waals surface area contributed by atoms with Crippen LogP contribution in [0.2, 0.25) is 0 Å². The number of hydrogen-bond acceptors (Lipinski definition) is 11. The van der Waals surface area contributed by atoms with E-state index in [4.69, 9.17) is 19.2 Å². The largest absolute Gasteiger partial charge is 0.464 e. The maximum Gasteiger partial charge on any atom is 0.407 e. The molecule has 2 fully saturated rings. The Morgan fingerprint density at radius 2 is 1.35 bits per heavy atom. The Morgan fingerprint density at radius 3 is 1.88 bits per heavy atom. The lowest BCUT2D eigenvalue weighted by Gasteiger charge is -2.30. The SMILES string of the molecule is COC(=O)NC(C(=O)N1CCC[C@H]1c1ncc(-c2cc(F)c3c(c2)OC(c2cnc(C(F)F)s2)n2c-3cc3cc(-c4cnc([C@@H]5CCCN5C(=O)C(NC(=O)OC)C(C)C)[nH]4)ccc32)[nH]1)C(C)C. The summed E-state index contributed by atoms with van der Waals surface area (Å²) in [6.07, 6.45) is 2.17. The van der Waals surface area contributed by atoms with Crippen LogP contribution in [0.15, 0.2) is 55.0 Å². The van der Waals surface area contributed by atoms with Crippen LogP contribution in [0, 0.1) is 17.7 Å². The maximum absolute atomic E-state index is 16.8. The van der Waals surface area contributed by atoms with Gasteiger partial charge in [-0.3, -0.25) is 14.2 Å². The van der Waals surface area contributed by atoms with Crippen LogP contribution < -0.4 is 15.4 Å². The van der Waals surface area contributed by atoms with Gasteiger partial charge in [0.2, 0.25) is 18.0 Å². The van der Waals surface area contributed by atoms with E-state index in [9.17, 15) is 28.0 Å². The van der Waals surface area contributed by atoms with Crippen molar-refractivity contribution in [2.24, 2.45) is 11.8 Å². The number of carbonyl (C=O) groups excluding carboxylic acids is 4. The van der Waals surface area contributed by atoms with E-state index < -0.39 is 48.8 Å². The van der Waals surface area contributed by atoms with Crippen molar-refractivity contribution in [1.29, 1.82) is 0 Å². The Balaban J connectivity index is 1.03. The Labute approximate surface area is 392 Å². The van der Waals surface area contributed by atoms with Crippen LogP contribution in [0.5, 0.6) is 5.75 Å². The van der Waals surface area contributed by atoms with E-state index in [1.54, 1.807) is 32.8 Å². The van der Waals surface area contributed by atoms with Crippen LogP contribution in [0.4, 0.5) is 22.8 Å². The first-order valence-electron chi connectivity index (χ1n) is 22.4. The van der Waals surface area contributed by atoms with E-state index in [2.05, 4.69) is 30.6 Å². The zero-order valence-electron chi connectivity index (χ0n) is 38.1. The molecule has 0 radical (unpaired) electrons. The van der Waals surface area contributed by atoms with Gasteiger partial charge < -0.3 is 44.6 Å². The molecule has 2 aromatic carbocycles. The first-order valence-corrected chi connectivity index (χ1v) is 23.3. The van der Waals surface area contributed by atoms with E-state index in [0.717, 1.165) is 23.3 Å². The number of benzene rings is 2. The molecule has 6 aromatic rings. The summed E-state index contributed by atoms with van der Waals surface area (Å²) in [6.45, 7) is 8.33. The number of aromatic nitrogens is 6. The average molecular weight is 957 g/mol. The predicted octanol–water partition coefficient (Wildman–Crippen LogP) is 8.65. The predicted molar refractivity (Wildman–Crippen MR) is 244 cm³/mol. The summed E-state index contributed by atoms with van der Waals surface area (Å²) in [5.74, 6) is -0.242. The van der Waals surface area contributed by atoms with Gasteiger partial charge in [-0.2, -0.15) is 0 Å². The molecule has 0 aliphatic carbocycles. The van der Waals surface area contributed by atoms with Crippen molar-refractivity contribution in [1.82, 2.24) is 49.9 Å². The molecule has 7 heterocycles. The van der Waals surface area contributed by atoms with Gasteiger partial charge in [0.1, 0.15) is 35.3 Å². The highest BCUT2D eigenvalue weighted by molar-refractivity contribution is 7.11. The Kier molecular flexibility index (Phi) is 12.7. The number of H-pyrrole nitrogens is 2. The lowest BCUT2D eigenvalue weighted by Crippen LogP contribution is -2.51. The highest BCUT2D eigenvalue weighted by Gasteiger charge is 2.40. The molecular weight excluding hydrogens is 906 g/mol. The number of aromatic amines is 2. The molecule has 3 aliphatic heterocycles. The second kappa shape index (κ2) is 18.6. The third-order valence-corrected chi connectivity index (χ3v) is 13.9. The number of alkyl halides is 2. The van der Waals surface area contributed by atoms with Crippen molar-refractivity contribution in [2.45, 2.75) is 90.2 Å². The van der Waals surface area contributed by atoms with Crippen LogP contribution in [0.25, 0.3) is 44.7 Å². The van der Waals surface area contributed by atoms with E-state index >= 15 is 4.39 Å². The van der Waals surface area contributed by atoms with Crippen LogP contribution in [0.3, 0.4) is 0 Å². The monoisotopic (exact) mass is 956 g/mol. The molecular formula is C47H51F3N10O7S. The van der Waals surface area contributed by atoms with Crippen molar-refractivity contribution in [3.63, 3.8) is 0 Å². The molecule has 2 saturated heterocycles. The number of methoxy groups -OCH3 is 2. The fourth-order valence-corrected chi connectivity index (χ4v) is 10.3. The normalized spacial score (nSPS) is 18.7. The summed E-state index contributed by atoms with van der Waals surface area (Å²) in [7, 11) is 2.49. The van der Waals surface area contributed by atoms with E-state index in [1.165, 1.54) is 26.5 Å². The first kappa shape index (κ1) is 46.2. The molecule has 0 spiro atoms. The second-order valence-electron chi connectivity index (χ2n) is 17.8. The summed E-state index contributed by atoms with van der Waals surface area (Å²) >= 11 is 0.807. The summed E-state index contributed by atoms with van der Waals surface area (Å²) in [6, 6.07) is 8.15. The van der Waals surface area contributed by atoms with Crippen molar-refractivity contribution in [3.05, 3.63) is 82.3 Å². The van der Waals surface area contributed by atoms with Crippen molar-refractivity contribution in [2.75, 3.05) is 27.3 Å². The fourth-order valence-electron chi connectivity index (χ4n) is 9.49. The minimum absolute atomic E-state index is 0.169. The number of nitrogens with one attached hydrogen (secondary N) is 4. The van der Waals surface area contributed by atoms with E-state index in [1.807, 2.05) is 52.0 Å². The van der Waals surface area contributed by atoms with Gasteiger partial charge in [0.05, 0.1) is 71.7 Å². The molecule has 21 heteroatoms. The van der Waals surface area contributed by atoms with Gasteiger partial charge in [0.15, 0.2) is 5.01 Å². The fraction of sp³-hybridized carbons (Fsp3) is 0.426. The highest BCUT2D eigenvalue weighted by atomic mass is 32.1. The minimum atomic E-state index is -2.81. The van der Waals surface area contributed by atoms with Gasteiger partial charge in [-0.15, -0.1) is 11.3 Å². The quantitative estimate of drug-likeness (QED) is 0.0920. The van der Waals surface area contributed by atoms with E-state index in [0.29, 0.717) is 82.4 Å². The van der Waals surface area contributed by atoms with Crippen molar-refractivity contribution >= 4 is 46.2 Å². The summed E-state index contributed by atoms with van der Waals surface area (Å²) in [5, 5.41) is 5.64. The number of fused-ring (bicyclic) bond motifs is 5. The maximum atomic E-state index is 16.8. The molecule has 358 valence electrons. The molecule has 17 nitrogen and oxygen atoms in total. The highest BCUT2D eigenvalue weighted by Crippen LogP contribution is 2.48. The molecule has 4 amide bonds. The molecule has 3 aliphatic rings. The summed E-state index contributed by atoms with van der Waals surface area (Å²) < 4.78 is 62.6. The number of amides is 4. The van der Waals surface area contributed by atoms with Crippen LogP contribution >= 0.6 is 11.3 Å². The third-order valence-electron chi connectivity index (χ3n) is 12.9. The minimum Gasteiger partial charge on any atom is -0.464 e. The number of thiazole rings is 1. The number of hydrogen-bond donors (Lipinski definition) is 4. The lowest BCUT2D eigenvalue weighted by atomic mass is 10.0. The van der Waals surface area contributed by atoms with Crippen LogP contribution in [-0.2, 0) is 19.1 Å². The van der Waals surface area contributed by atoms with Crippen LogP contribution in [0.1, 0.15) is 99.6 Å². The number of halogens is 3. The van der Waals surface area contributed by atoms with Gasteiger partial charge in [-0.1, -0.05) is 33.8 Å². The Hall–Kier alpha value is -6.90. The first-order chi connectivity index (χ1) is 32.6. The number of likely N-dealkylation sites (tertiary alicyclic amines) is 2. The zero-order valence-corrected chi connectivity index (χ0v) is 39.0. The van der Waals surface area contributed by atoms with Crippen LogP contribution in [-0.4, -0.2) is 103 Å². The molecule has 4 aromatic heterocycles. The van der Waals surface area contributed by atoms with Gasteiger partial charge in [-0.25, -0.2) is 37.7 Å². The molecule has 68 heavy (non-hydrogen) atoms. The molecule has 0 bridgehead atoms. The number of carbonyl (C=O) groups is 4. The summed E-state index contributed by atoms with van der Waals surface area (Å²) in [4.78, 5) is 75.5. The number of nitrogens with zero attached hydrogens (tertiary/aromatic N) is 6. The molecule has 0 saturated carbocycles. The molecule has 3 unspecified atom stereocenters. The second-order valence-corrected chi connectivity index (χ2v) is 18.9. The number of rotatable bonds is 12. The van der Waals surface area contributed by atoms with Gasteiger partial charge >= 0.3 is 12.2 Å². The number of alkyl carbamates (subject to hydrolysis) is 2. The lowest BCUT2D eigenvalue weighted by molar-refractivity contribution is -0.136. The average Bonchev–Trinajstić information content (AvgIpc) is 4.18. The zero-order chi connectivity index (χ0) is 48.1. The topological polar surface area (TPSA) is 202 Å². The van der Waals surface area contributed by atoms with Crippen molar-refractivity contribution in [3.8, 4) is 39.5 Å². The molecule has 9 rings (SSSR count). The van der Waals surface area contributed by atoms with Gasteiger partial charge in [-0.05, 0) is 67.9 Å². The van der Waals surface area contributed by atoms with E-state index in [-0.39, 0.29) is 46.0 Å². The number of ether oxygens (including phenoxy) is 3. The summed E-state index contributed by atoms with van der Waals surface area (Å²) in [5.41, 5.74) is 3.57. The van der Waals surface area contributed by atoms with Crippen molar-refractivity contribution < 1.29 is 46.6 Å².